The normalized spacial score (nSPS) is 17.1. The molecule has 3 nitrogen and oxygen atoms in total. The van der Waals surface area contributed by atoms with Crippen molar-refractivity contribution in [3.63, 3.8) is 0 Å². The molecule has 0 aliphatic carbocycles. The van der Waals surface area contributed by atoms with Crippen LogP contribution in [-0.4, -0.2) is 22.5 Å². The molecule has 0 unspecified atom stereocenters. The van der Waals surface area contributed by atoms with Gasteiger partial charge in [0, 0.05) is 12.6 Å². The number of imidazole rings is 1. The third-order valence-electron chi connectivity index (χ3n) is 3.27. The van der Waals surface area contributed by atoms with Crippen molar-refractivity contribution in [2.75, 3.05) is 13.1 Å². The van der Waals surface area contributed by atoms with Crippen molar-refractivity contribution in [1.82, 2.24) is 14.7 Å². The van der Waals surface area contributed by atoms with E-state index in [2.05, 4.69) is 10.3 Å². The average molecular weight is 255 g/mol. The molecule has 2 aromatic heterocycles. The maximum absolute atomic E-state index is 12.6. The summed E-state index contributed by atoms with van der Waals surface area (Å²) < 4.78 is 39.4. The number of hydrogen-bond acceptors (Lipinski definition) is 2. The molecule has 1 saturated heterocycles. The summed E-state index contributed by atoms with van der Waals surface area (Å²) in [5, 5.41) is 3.16. The third kappa shape index (κ3) is 1.96. The summed E-state index contributed by atoms with van der Waals surface area (Å²) in [4.78, 5) is 4.21. The summed E-state index contributed by atoms with van der Waals surface area (Å²) in [6.45, 7) is 1.91. The zero-order valence-corrected chi connectivity index (χ0v) is 9.54. The highest BCUT2D eigenvalue weighted by atomic mass is 19.4. The lowest BCUT2D eigenvalue weighted by molar-refractivity contribution is -0.137. The Hall–Kier alpha value is -1.56. The monoisotopic (exact) mass is 255 g/mol. The van der Waals surface area contributed by atoms with Gasteiger partial charge in [-0.1, -0.05) is 0 Å². The highest BCUT2D eigenvalue weighted by Crippen LogP contribution is 2.30. The number of pyridine rings is 1. The molecule has 0 saturated carbocycles. The van der Waals surface area contributed by atoms with Gasteiger partial charge in [-0.3, -0.25) is 0 Å². The number of alkyl halides is 3. The molecule has 1 fully saturated rings. The highest BCUT2D eigenvalue weighted by molar-refractivity contribution is 5.49. The first-order chi connectivity index (χ1) is 8.54. The Balaban J connectivity index is 1.94. The molecule has 0 spiro atoms. The summed E-state index contributed by atoms with van der Waals surface area (Å²) in [5.41, 5.74) is -0.140. The van der Waals surface area contributed by atoms with E-state index in [1.165, 1.54) is 12.4 Å². The fourth-order valence-corrected chi connectivity index (χ4v) is 2.13. The van der Waals surface area contributed by atoms with E-state index in [4.69, 9.17) is 0 Å². The predicted octanol–water partition coefficient (Wildman–Crippen LogP) is 2.11. The van der Waals surface area contributed by atoms with Crippen LogP contribution in [0, 0.1) is 5.92 Å². The Morgan fingerprint density at radius 2 is 2.17 bits per heavy atom. The Morgan fingerprint density at radius 1 is 1.39 bits per heavy atom. The van der Waals surface area contributed by atoms with Crippen molar-refractivity contribution in [3.8, 4) is 0 Å². The van der Waals surface area contributed by atoms with E-state index in [1.54, 1.807) is 4.40 Å². The van der Waals surface area contributed by atoms with E-state index in [9.17, 15) is 13.2 Å². The van der Waals surface area contributed by atoms with Crippen molar-refractivity contribution in [2.45, 2.75) is 12.6 Å². The molecular weight excluding hydrogens is 243 g/mol. The molecule has 0 aromatic carbocycles. The number of rotatable bonds is 2. The van der Waals surface area contributed by atoms with Crippen LogP contribution in [0.3, 0.4) is 0 Å². The molecular formula is C12H12F3N3. The second-order valence-electron chi connectivity index (χ2n) is 4.61. The maximum atomic E-state index is 12.6. The molecule has 6 heteroatoms. The first-order valence-electron chi connectivity index (χ1n) is 5.78. The van der Waals surface area contributed by atoms with Gasteiger partial charge in [0.2, 0.25) is 0 Å². The molecule has 0 amide bonds. The van der Waals surface area contributed by atoms with Crippen LogP contribution in [0.2, 0.25) is 0 Å². The number of nitrogens with zero attached hydrogens (tertiary/aromatic N) is 2. The fourth-order valence-electron chi connectivity index (χ4n) is 2.13. The minimum atomic E-state index is -4.30. The zero-order valence-electron chi connectivity index (χ0n) is 9.54. The number of hydrogen-bond donors (Lipinski definition) is 1. The van der Waals surface area contributed by atoms with Gasteiger partial charge in [0.1, 0.15) is 5.82 Å². The fraction of sp³-hybridized carbons (Fsp3) is 0.417. The first kappa shape index (κ1) is 11.5. The summed E-state index contributed by atoms with van der Waals surface area (Å²) >= 11 is 0. The van der Waals surface area contributed by atoms with Crippen molar-refractivity contribution in [1.29, 1.82) is 0 Å². The number of aromatic nitrogens is 2. The van der Waals surface area contributed by atoms with Gasteiger partial charge in [-0.15, -0.1) is 0 Å². The van der Waals surface area contributed by atoms with Crippen LogP contribution in [0.25, 0.3) is 5.52 Å². The van der Waals surface area contributed by atoms with Crippen molar-refractivity contribution in [3.05, 3.63) is 35.9 Å². The molecule has 1 aliphatic heterocycles. The Morgan fingerprint density at radius 3 is 2.78 bits per heavy atom. The van der Waals surface area contributed by atoms with Gasteiger partial charge in [0.25, 0.3) is 0 Å². The van der Waals surface area contributed by atoms with Crippen molar-refractivity contribution >= 4 is 5.52 Å². The zero-order chi connectivity index (χ0) is 12.8. The molecule has 0 radical (unpaired) electrons. The summed E-state index contributed by atoms with van der Waals surface area (Å²) in [6.07, 6.45) is -0.556. The Kier molecular flexibility index (Phi) is 2.55. The average Bonchev–Trinajstić information content (AvgIpc) is 2.64. The number of fused-ring (bicyclic) bond motifs is 1. The van der Waals surface area contributed by atoms with E-state index in [0.29, 0.717) is 11.4 Å². The first-order valence-corrected chi connectivity index (χ1v) is 5.78. The second-order valence-corrected chi connectivity index (χ2v) is 4.61. The van der Waals surface area contributed by atoms with E-state index >= 15 is 0 Å². The van der Waals surface area contributed by atoms with Gasteiger partial charge >= 0.3 is 6.18 Å². The quantitative estimate of drug-likeness (QED) is 0.890. The maximum Gasteiger partial charge on any atom is 0.416 e. The largest absolute Gasteiger partial charge is 0.416 e. The molecule has 1 N–H and O–H groups in total. The standard InChI is InChI=1S/C12H12F3N3/c13-12(14,15)9-1-2-18-10(4-9)7-17-11(18)3-8-5-16-6-8/h1-2,4,7-8,16H,3,5-6H2. The summed E-state index contributed by atoms with van der Waals surface area (Å²) in [7, 11) is 0. The van der Waals surface area contributed by atoms with Crippen LogP contribution in [0.1, 0.15) is 11.4 Å². The molecule has 0 atom stereocenters. The smallest absolute Gasteiger partial charge is 0.316 e. The van der Waals surface area contributed by atoms with Gasteiger partial charge in [-0.2, -0.15) is 13.2 Å². The van der Waals surface area contributed by atoms with Gasteiger partial charge in [0.05, 0.1) is 17.3 Å². The molecule has 0 bridgehead atoms. The topological polar surface area (TPSA) is 29.3 Å². The third-order valence-corrected chi connectivity index (χ3v) is 3.27. The molecule has 1 aliphatic rings. The Bertz CT molecular complexity index is 569. The van der Waals surface area contributed by atoms with Crippen LogP contribution < -0.4 is 5.32 Å². The van der Waals surface area contributed by atoms with E-state index in [1.807, 2.05) is 0 Å². The van der Waals surface area contributed by atoms with Gasteiger partial charge < -0.3 is 9.72 Å². The molecule has 18 heavy (non-hydrogen) atoms. The minimum absolute atomic E-state index is 0.493. The van der Waals surface area contributed by atoms with E-state index in [0.717, 1.165) is 37.5 Å². The van der Waals surface area contributed by atoms with Gasteiger partial charge in [-0.05, 0) is 31.1 Å². The lowest BCUT2D eigenvalue weighted by Gasteiger charge is -2.26. The summed E-state index contributed by atoms with van der Waals surface area (Å²) in [5.74, 6) is 1.36. The van der Waals surface area contributed by atoms with Crippen LogP contribution in [-0.2, 0) is 12.6 Å². The van der Waals surface area contributed by atoms with Crippen molar-refractivity contribution in [2.24, 2.45) is 5.92 Å². The van der Waals surface area contributed by atoms with E-state index < -0.39 is 11.7 Å². The van der Waals surface area contributed by atoms with Crippen LogP contribution in [0.15, 0.2) is 24.5 Å². The Labute approximate surface area is 102 Å². The molecule has 96 valence electrons. The van der Waals surface area contributed by atoms with Gasteiger partial charge in [-0.25, -0.2) is 4.98 Å². The summed E-state index contributed by atoms with van der Waals surface area (Å²) in [6, 6.07) is 2.23. The predicted molar refractivity (Wildman–Crippen MR) is 60.3 cm³/mol. The highest BCUT2D eigenvalue weighted by Gasteiger charge is 2.30. The minimum Gasteiger partial charge on any atom is -0.316 e. The number of halogens is 3. The van der Waals surface area contributed by atoms with Crippen LogP contribution >= 0.6 is 0 Å². The lowest BCUT2D eigenvalue weighted by atomic mass is 9.99. The van der Waals surface area contributed by atoms with Crippen LogP contribution in [0.4, 0.5) is 13.2 Å². The number of nitrogens with one attached hydrogen (secondary N) is 1. The molecule has 2 aromatic rings. The van der Waals surface area contributed by atoms with E-state index in [-0.39, 0.29) is 0 Å². The molecule has 3 heterocycles. The molecule has 3 rings (SSSR count). The SMILES string of the molecule is FC(F)(F)c1ccn2c(CC3CNC3)ncc2c1. The van der Waals surface area contributed by atoms with Gasteiger partial charge in [0.15, 0.2) is 0 Å². The van der Waals surface area contributed by atoms with Crippen molar-refractivity contribution < 1.29 is 13.2 Å². The van der Waals surface area contributed by atoms with Crippen LogP contribution in [0.5, 0.6) is 0 Å². The second kappa shape index (κ2) is 3.98. The lowest BCUT2D eigenvalue weighted by Crippen LogP contribution is -2.43.